The molecule has 11 aromatic carbocycles. The Morgan fingerprint density at radius 2 is 0.742 bits per heavy atom. The van der Waals surface area contributed by atoms with Gasteiger partial charge < -0.3 is 14.4 Å². The second-order valence-electron chi connectivity index (χ2n) is 17.5. The van der Waals surface area contributed by atoms with E-state index in [-0.39, 0.29) is 0 Å². The van der Waals surface area contributed by atoms with Gasteiger partial charge in [-0.3, -0.25) is 0 Å². The van der Waals surface area contributed by atoms with Gasteiger partial charge in [-0.1, -0.05) is 188 Å². The predicted molar refractivity (Wildman–Crippen MR) is 270 cm³/mol. The maximum atomic E-state index is 7.25. The Morgan fingerprint density at radius 1 is 0.303 bits per heavy atom. The van der Waals surface area contributed by atoms with Gasteiger partial charge in [0, 0.05) is 11.4 Å². The van der Waals surface area contributed by atoms with Crippen LogP contribution >= 0.6 is 0 Å². The SMILES string of the molecule is c1ccc2c(c1)-c1ccccc1C21c2ccccc2-c2cc3c(cc21)Oc1c(cccc1N(c1ccc(-c2cccc4ccccc24)cc1)c1ccc(-c2cccc4ccccc24)cc1)O3. The van der Waals surface area contributed by atoms with E-state index in [4.69, 9.17) is 9.47 Å². The lowest BCUT2D eigenvalue weighted by Crippen LogP contribution is -2.25. The summed E-state index contributed by atoms with van der Waals surface area (Å²) >= 11 is 0. The summed E-state index contributed by atoms with van der Waals surface area (Å²) in [6.07, 6.45) is 0. The Bertz CT molecular complexity index is 3590. The molecule has 0 N–H and O–H groups in total. The highest BCUT2D eigenvalue weighted by Crippen LogP contribution is 2.65. The number of rotatable bonds is 5. The van der Waals surface area contributed by atoms with Gasteiger partial charge in [0.25, 0.3) is 0 Å². The first-order valence-electron chi connectivity index (χ1n) is 22.7. The highest BCUT2D eigenvalue weighted by molar-refractivity contribution is 5.99. The van der Waals surface area contributed by atoms with Crippen LogP contribution in [0.15, 0.2) is 237 Å². The molecule has 1 heterocycles. The van der Waals surface area contributed by atoms with Crippen molar-refractivity contribution in [1.82, 2.24) is 0 Å². The zero-order valence-corrected chi connectivity index (χ0v) is 35.8. The number of hydrogen-bond donors (Lipinski definition) is 0. The maximum Gasteiger partial charge on any atom is 0.194 e. The molecule has 0 atom stereocenters. The summed E-state index contributed by atoms with van der Waals surface area (Å²) in [6, 6.07) is 85.3. The van der Waals surface area contributed by atoms with E-state index in [9.17, 15) is 0 Å². The van der Waals surface area contributed by atoms with Crippen molar-refractivity contribution >= 4 is 38.6 Å². The van der Waals surface area contributed by atoms with Crippen molar-refractivity contribution in [3.63, 3.8) is 0 Å². The van der Waals surface area contributed by atoms with Gasteiger partial charge in [0.1, 0.15) is 0 Å². The van der Waals surface area contributed by atoms with Crippen LogP contribution in [0.25, 0.3) is 66.1 Å². The molecular weight excluding hydrogens is 803 g/mol. The lowest BCUT2D eigenvalue weighted by atomic mass is 9.70. The zero-order chi connectivity index (χ0) is 43.3. The van der Waals surface area contributed by atoms with Crippen LogP contribution in [0.2, 0.25) is 0 Å². The van der Waals surface area contributed by atoms with Crippen LogP contribution in [0, 0.1) is 0 Å². The topological polar surface area (TPSA) is 21.7 Å². The Morgan fingerprint density at radius 3 is 1.30 bits per heavy atom. The quantitative estimate of drug-likeness (QED) is 0.172. The van der Waals surface area contributed by atoms with E-state index in [1.165, 1.54) is 77.2 Å². The molecule has 0 unspecified atom stereocenters. The van der Waals surface area contributed by atoms with E-state index in [1.54, 1.807) is 0 Å². The average molecular weight is 842 g/mol. The molecule has 0 bridgehead atoms. The van der Waals surface area contributed by atoms with Crippen LogP contribution in [0.5, 0.6) is 23.0 Å². The molecule has 11 aromatic rings. The Balaban J connectivity index is 0.921. The number of benzene rings is 11. The summed E-state index contributed by atoms with van der Waals surface area (Å²) in [4.78, 5) is 2.29. The minimum absolute atomic E-state index is 0.499. The van der Waals surface area contributed by atoms with Crippen molar-refractivity contribution in [2.75, 3.05) is 4.90 Å². The molecule has 0 fully saturated rings. The summed E-state index contributed by atoms with van der Waals surface area (Å²) < 4.78 is 14.2. The summed E-state index contributed by atoms with van der Waals surface area (Å²) in [5, 5.41) is 4.91. The van der Waals surface area contributed by atoms with E-state index >= 15 is 0 Å². The van der Waals surface area contributed by atoms with Gasteiger partial charge in [0.2, 0.25) is 0 Å². The summed E-state index contributed by atoms with van der Waals surface area (Å²) in [7, 11) is 0. The van der Waals surface area contributed by atoms with E-state index < -0.39 is 5.41 Å². The molecule has 66 heavy (non-hydrogen) atoms. The van der Waals surface area contributed by atoms with E-state index in [1.807, 2.05) is 6.07 Å². The van der Waals surface area contributed by atoms with Crippen molar-refractivity contribution < 1.29 is 9.47 Å². The first-order chi connectivity index (χ1) is 32.7. The normalized spacial score (nSPS) is 13.2. The fourth-order valence-electron chi connectivity index (χ4n) is 11.3. The molecule has 1 aliphatic heterocycles. The molecule has 0 saturated carbocycles. The van der Waals surface area contributed by atoms with Gasteiger partial charge in [0.15, 0.2) is 23.0 Å². The third-order valence-electron chi connectivity index (χ3n) is 14.1. The molecule has 2 aliphatic carbocycles. The highest BCUT2D eigenvalue weighted by Gasteiger charge is 2.52. The van der Waals surface area contributed by atoms with Crippen LogP contribution in [0.4, 0.5) is 17.1 Å². The predicted octanol–water partition coefficient (Wildman–Crippen LogP) is 17.0. The van der Waals surface area contributed by atoms with Gasteiger partial charge in [-0.05, 0) is 137 Å². The second kappa shape index (κ2) is 14.2. The summed E-state index contributed by atoms with van der Waals surface area (Å²) in [6.45, 7) is 0. The third kappa shape index (κ3) is 5.26. The smallest absolute Gasteiger partial charge is 0.194 e. The zero-order valence-electron chi connectivity index (χ0n) is 35.8. The van der Waals surface area contributed by atoms with Crippen molar-refractivity contribution in [3.8, 4) is 67.5 Å². The molecule has 0 amide bonds. The standard InChI is InChI=1S/C63H39NO2/c1-3-18-46-40(14-1)16-11-23-48(46)42-30-34-44(35-31-42)64(45-36-32-43(33-37-45)49-24-12-17-41-15-2-4-19-47(41)49)58-28-13-29-59-62(58)66-61-39-57-53(38-60(61)65-59)52-22-7-10-27-56(52)63(57)54-25-8-5-20-50(54)51-21-6-9-26-55(51)63/h1-39H. The number of anilines is 3. The van der Waals surface area contributed by atoms with Crippen LogP contribution in [-0.4, -0.2) is 0 Å². The van der Waals surface area contributed by atoms with Crippen LogP contribution in [-0.2, 0) is 5.41 Å². The molecule has 3 heteroatoms. The summed E-state index contributed by atoms with van der Waals surface area (Å²) in [5.74, 6) is 2.73. The molecule has 3 nitrogen and oxygen atoms in total. The van der Waals surface area contributed by atoms with Crippen molar-refractivity contribution in [3.05, 3.63) is 259 Å². The largest absolute Gasteiger partial charge is 0.449 e. The van der Waals surface area contributed by atoms with E-state index in [0.29, 0.717) is 23.0 Å². The first-order valence-corrected chi connectivity index (χ1v) is 22.7. The number of hydrogen-bond acceptors (Lipinski definition) is 3. The lowest BCUT2D eigenvalue weighted by Gasteiger charge is -2.32. The molecule has 3 aliphatic rings. The Labute approximate surface area is 383 Å². The van der Waals surface area contributed by atoms with Crippen LogP contribution < -0.4 is 14.4 Å². The Kier molecular flexibility index (Phi) is 7.90. The fourth-order valence-corrected chi connectivity index (χ4v) is 11.3. The maximum absolute atomic E-state index is 7.25. The van der Waals surface area contributed by atoms with Crippen LogP contribution in [0.1, 0.15) is 22.3 Å². The van der Waals surface area contributed by atoms with Crippen molar-refractivity contribution in [2.45, 2.75) is 5.41 Å². The molecule has 14 rings (SSSR count). The average Bonchev–Trinajstić information content (AvgIpc) is 3.84. The molecule has 308 valence electrons. The van der Waals surface area contributed by atoms with Gasteiger partial charge >= 0.3 is 0 Å². The van der Waals surface area contributed by atoms with E-state index in [2.05, 4.69) is 235 Å². The number of para-hydroxylation sites is 1. The molecule has 0 saturated heterocycles. The van der Waals surface area contributed by atoms with Gasteiger partial charge in [-0.15, -0.1) is 0 Å². The second-order valence-corrected chi connectivity index (χ2v) is 17.5. The van der Waals surface area contributed by atoms with Crippen LogP contribution in [0.3, 0.4) is 0 Å². The van der Waals surface area contributed by atoms with Gasteiger partial charge in [-0.25, -0.2) is 0 Å². The minimum Gasteiger partial charge on any atom is -0.449 e. The molecule has 1 spiro atoms. The van der Waals surface area contributed by atoms with Crippen molar-refractivity contribution in [2.24, 2.45) is 0 Å². The highest BCUT2D eigenvalue weighted by atomic mass is 16.6. The Hall–Kier alpha value is -8.66. The van der Waals surface area contributed by atoms with Crippen molar-refractivity contribution in [1.29, 1.82) is 0 Å². The minimum atomic E-state index is -0.499. The van der Waals surface area contributed by atoms with Gasteiger partial charge in [0.05, 0.1) is 11.1 Å². The third-order valence-corrected chi connectivity index (χ3v) is 14.1. The molecule has 0 radical (unpaired) electrons. The first kappa shape index (κ1) is 36.8. The molecule has 0 aromatic heterocycles. The summed E-state index contributed by atoms with van der Waals surface area (Å²) in [5.41, 5.74) is 17.1. The number of nitrogens with zero attached hydrogens (tertiary/aromatic N) is 1. The number of ether oxygens (including phenoxy) is 2. The van der Waals surface area contributed by atoms with E-state index in [0.717, 1.165) is 28.2 Å². The fraction of sp³-hybridized carbons (Fsp3) is 0.0159. The lowest BCUT2D eigenvalue weighted by molar-refractivity contribution is 0.360. The molecular formula is C63H39NO2. The van der Waals surface area contributed by atoms with Gasteiger partial charge in [-0.2, -0.15) is 0 Å². The monoisotopic (exact) mass is 841 g/mol. The number of fused-ring (bicyclic) bond motifs is 14.